The number of allylic oxidation sites excluding steroid dienone is 1. The topological polar surface area (TPSA) is 185 Å². The van der Waals surface area contributed by atoms with Gasteiger partial charge in [-0.05, 0) is 92.2 Å². The van der Waals surface area contributed by atoms with Crippen molar-refractivity contribution in [1.29, 1.82) is 0 Å². The number of carbonyl (C=O) groups is 2. The number of aromatic nitrogens is 5. The van der Waals surface area contributed by atoms with E-state index in [1.165, 1.54) is 4.90 Å². The second kappa shape index (κ2) is 13.8. The largest absolute Gasteiger partial charge is 0.494 e. The summed E-state index contributed by atoms with van der Waals surface area (Å²) >= 11 is 0.945. The molecule has 1 aliphatic rings. The van der Waals surface area contributed by atoms with Gasteiger partial charge in [-0.15, -0.1) is 10.2 Å². The Morgan fingerprint density at radius 2 is 1.76 bits per heavy atom. The number of carbonyl (C=O) groups excluding carboxylic acids is 2. The Balaban J connectivity index is 1.27. The highest BCUT2D eigenvalue weighted by atomic mass is 32.1. The summed E-state index contributed by atoms with van der Waals surface area (Å²) in [7, 11) is 1.59. The van der Waals surface area contributed by atoms with E-state index in [4.69, 9.17) is 14.2 Å². The van der Waals surface area contributed by atoms with Crippen molar-refractivity contribution in [3.05, 3.63) is 105 Å². The van der Waals surface area contributed by atoms with Gasteiger partial charge in [-0.2, -0.15) is 5.21 Å². The molecule has 0 bridgehead atoms. The molecule has 14 nitrogen and oxygen atoms in total. The Morgan fingerprint density at radius 1 is 1.02 bits per heavy atom. The average molecular weight is 696 g/mol. The lowest BCUT2D eigenvalue weighted by Crippen LogP contribution is -2.36. The minimum absolute atomic E-state index is 0.143. The third-order valence-electron chi connectivity index (χ3n) is 7.60. The number of ketones is 1. The number of benzene rings is 3. The molecule has 0 saturated carbocycles. The predicted octanol–water partition coefficient (Wildman–Crippen LogP) is 5.56. The Hall–Kier alpha value is -6.09. The molecule has 3 heterocycles. The summed E-state index contributed by atoms with van der Waals surface area (Å²) in [6, 6.07) is 19.1. The van der Waals surface area contributed by atoms with E-state index in [-0.39, 0.29) is 28.9 Å². The number of hydrogen-bond donors (Lipinski definition) is 3. The van der Waals surface area contributed by atoms with Gasteiger partial charge in [-0.3, -0.25) is 24.5 Å². The first-order valence-electron chi connectivity index (χ1n) is 15.4. The van der Waals surface area contributed by atoms with Crippen LogP contribution in [0.1, 0.15) is 36.8 Å². The molecule has 1 atom stereocenters. The number of tetrazole rings is 1. The van der Waals surface area contributed by atoms with Gasteiger partial charge in [0.05, 0.1) is 10.6 Å². The molecule has 0 fully saturated rings. The first-order chi connectivity index (χ1) is 23.9. The summed E-state index contributed by atoms with van der Waals surface area (Å²) in [5.41, 5.74) is 0.263. The highest BCUT2D eigenvalue weighted by molar-refractivity contribution is 7.09. The van der Waals surface area contributed by atoms with Gasteiger partial charge in [0.2, 0.25) is 17.5 Å². The third-order valence-corrected chi connectivity index (χ3v) is 8.47. The lowest BCUT2D eigenvalue weighted by molar-refractivity contribution is -0.124. The maximum Gasteiger partial charge on any atom is 0.414 e. The molecule has 0 saturated heterocycles. The molecule has 3 aromatic carbocycles. The summed E-state index contributed by atoms with van der Waals surface area (Å²) < 4.78 is 17.9. The van der Waals surface area contributed by atoms with Crippen molar-refractivity contribution in [3.8, 4) is 34.5 Å². The van der Waals surface area contributed by atoms with E-state index in [9.17, 15) is 19.5 Å². The van der Waals surface area contributed by atoms with Crippen LogP contribution in [0.25, 0.3) is 11.4 Å². The maximum absolute atomic E-state index is 14.0. The van der Waals surface area contributed by atoms with Crippen LogP contribution in [0.2, 0.25) is 0 Å². The Labute approximate surface area is 290 Å². The number of Topliss-reactive ketones (excluding diaryl/α,β-unsaturated/α-hetero) is 1. The van der Waals surface area contributed by atoms with Gasteiger partial charge in [0.1, 0.15) is 29.5 Å². The quantitative estimate of drug-likeness (QED) is 0.158. The van der Waals surface area contributed by atoms with Gasteiger partial charge in [-0.1, -0.05) is 23.5 Å². The van der Waals surface area contributed by atoms with E-state index in [0.29, 0.717) is 45.4 Å². The summed E-state index contributed by atoms with van der Waals surface area (Å²) in [6.45, 7) is 5.03. The highest BCUT2D eigenvalue weighted by Crippen LogP contribution is 2.42. The van der Waals surface area contributed by atoms with E-state index in [1.54, 1.807) is 113 Å². The molecule has 15 heteroatoms. The van der Waals surface area contributed by atoms with Gasteiger partial charge in [-0.25, -0.2) is 4.79 Å². The normalized spacial score (nSPS) is 15.2. The number of thiazole rings is 1. The number of nitrogens with one attached hydrogen (secondary N) is 2. The average Bonchev–Trinajstić information content (AvgIpc) is 3.86. The fourth-order valence-electron chi connectivity index (χ4n) is 5.12. The number of rotatable bonds is 11. The van der Waals surface area contributed by atoms with E-state index >= 15 is 0 Å². The molecule has 5 aromatic rings. The maximum atomic E-state index is 14.0. The van der Waals surface area contributed by atoms with Gasteiger partial charge in [0.25, 0.3) is 0 Å². The number of anilines is 1. The number of H-pyrrole nitrogens is 2. The third kappa shape index (κ3) is 7.47. The number of hydrogen-bond acceptors (Lipinski definition) is 12. The van der Waals surface area contributed by atoms with E-state index in [0.717, 1.165) is 16.9 Å². The summed E-state index contributed by atoms with van der Waals surface area (Å²) in [5, 5.41) is 23.9. The van der Waals surface area contributed by atoms with Crippen LogP contribution in [0.15, 0.2) is 88.7 Å². The van der Waals surface area contributed by atoms with Crippen molar-refractivity contribution in [2.24, 2.45) is 4.99 Å². The van der Waals surface area contributed by atoms with Crippen LogP contribution in [0.4, 0.5) is 10.5 Å². The zero-order valence-electron chi connectivity index (χ0n) is 27.5. The number of ether oxygens (including phenoxy) is 3. The Kier molecular flexibility index (Phi) is 9.33. The minimum Gasteiger partial charge on any atom is -0.494 e. The number of aliphatic imine (C=N–C) groups is 1. The molecule has 0 radical (unpaired) electrons. The molecule has 0 aliphatic carbocycles. The predicted molar refractivity (Wildman–Crippen MR) is 186 cm³/mol. The van der Waals surface area contributed by atoms with Crippen molar-refractivity contribution >= 4 is 35.1 Å². The molecule has 6 rings (SSSR count). The SMILES string of the molecule is CN(C(=O)OC(C)(C)C)c1ccc(C2(C(=O)COc3ccc(Cc4sc(=O)[nH]c4O)cc3)C=CC=N2)c(Oc2ccc(-c3nn[nH]n3)cc2)c1. The molecular formula is C35H33N7O7S. The Morgan fingerprint density at radius 3 is 2.38 bits per heavy atom. The number of aromatic hydroxyl groups is 1. The second-order valence-corrected chi connectivity index (χ2v) is 13.4. The van der Waals surface area contributed by atoms with Crippen LogP contribution < -0.4 is 19.2 Å². The summed E-state index contributed by atoms with van der Waals surface area (Å²) in [4.78, 5) is 47.0. The molecular weight excluding hydrogens is 662 g/mol. The van der Waals surface area contributed by atoms with Crippen LogP contribution in [0, 0.1) is 0 Å². The summed E-state index contributed by atoms with van der Waals surface area (Å²) in [6.07, 6.45) is 4.70. The number of aromatic amines is 2. The van der Waals surface area contributed by atoms with Crippen LogP contribution in [0.3, 0.4) is 0 Å². The molecule has 256 valence electrons. The Bertz CT molecular complexity index is 2100. The number of nitrogens with zero attached hydrogens (tertiary/aromatic N) is 5. The molecule has 50 heavy (non-hydrogen) atoms. The van der Waals surface area contributed by atoms with Crippen LogP contribution in [-0.4, -0.2) is 68.1 Å². The first kappa shape index (κ1) is 33.8. The number of amides is 1. The van der Waals surface area contributed by atoms with E-state index in [1.807, 2.05) is 0 Å². The fraction of sp³-hybridized carbons (Fsp3) is 0.229. The van der Waals surface area contributed by atoms with Crippen molar-refractivity contribution < 1.29 is 28.9 Å². The van der Waals surface area contributed by atoms with E-state index in [2.05, 4.69) is 30.6 Å². The van der Waals surface area contributed by atoms with Crippen LogP contribution in [0.5, 0.6) is 23.1 Å². The lowest BCUT2D eigenvalue weighted by Gasteiger charge is -2.28. The summed E-state index contributed by atoms with van der Waals surface area (Å²) in [5.74, 6) is 1.08. The minimum atomic E-state index is -1.48. The monoisotopic (exact) mass is 695 g/mol. The lowest BCUT2D eigenvalue weighted by atomic mass is 9.86. The molecule has 3 N–H and O–H groups in total. The van der Waals surface area contributed by atoms with Crippen LogP contribution >= 0.6 is 11.3 Å². The van der Waals surface area contributed by atoms with Crippen molar-refractivity contribution in [2.75, 3.05) is 18.6 Å². The van der Waals surface area contributed by atoms with Crippen molar-refractivity contribution in [2.45, 2.75) is 38.3 Å². The first-order valence-corrected chi connectivity index (χ1v) is 16.2. The molecule has 2 aromatic heterocycles. The van der Waals surface area contributed by atoms with Gasteiger partial charge in [0, 0.05) is 36.9 Å². The molecule has 0 spiro atoms. The van der Waals surface area contributed by atoms with Gasteiger partial charge >= 0.3 is 11.0 Å². The molecule has 1 amide bonds. The standard InChI is InChI=1S/C35H33N7O7S/c1-34(2,3)49-33(46)42(4)23-10-15-26(27(19-23)48-25-13-8-22(9-14-25)30-38-40-41-39-30)35(16-5-17-36-35)29(43)20-47-24-11-6-21(7-12-24)18-28-31(44)37-32(45)50-28/h5-17,19,44H,18,20H2,1-4H3,(H,37,45)(H,38,39,40,41). The zero-order chi connectivity index (χ0) is 35.5. The van der Waals surface area contributed by atoms with E-state index < -0.39 is 17.2 Å². The fourth-order valence-corrected chi connectivity index (χ4v) is 5.88. The zero-order valence-corrected chi connectivity index (χ0v) is 28.4. The highest BCUT2D eigenvalue weighted by Gasteiger charge is 2.41. The second-order valence-electron chi connectivity index (χ2n) is 12.3. The molecule has 1 aliphatic heterocycles. The molecule has 1 unspecified atom stereocenters. The smallest absolute Gasteiger partial charge is 0.414 e. The van der Waals surface area contributed by atoms with Gasteiger partial charge < -0.3 is 19.3 Å². The van der Waals surface area contributed by atoms with Crippen molar-refractivity contribution in [1.82, 2.24) is 25.6 Å². The van der Waals surface area contributed by atoms with Crippen LogP contribution in [-0.2, 0) is 21.5 Å². The van der Waals surface area contributed by atoms with Crippen molar-refractivity contribution in [3.63, 3.8) is 0 Å². The van der Waals surface area contributed by atoms with Gasteiger partial charge in [0.15, 0.2) is 5.54 Å².